The average Bonchev–Trinajstić information content (AvgIpc) is 2.83. The summed E-state index contributed by atoms with van der Waals surface area (Å²) in [4.78, 5) is 24.0. The molecule has 2 fully saturated rings. The highest BCUT2D eigenvalue weighted by atomic mass is 16.4. The summed E-state index contributed by atoms with van der Waals surface area (Å²) in [6, 6.07) is 0.390. The van der Waals surface area contributed by atoms with Crippen molar-refractivity contribution in [3.05, 3.63) is 0 Å². The number of nitrogens with zero attached hydrogens (tertiary/aromatic N) is 1. The van der Waals surface area contributed by atoms with Crippen molar-refractivity contribution in [2.45, 2.75) is 50.6 Å². The van der Waals surface area contributed by atoms with Gasteiger partial charge in [0.15, 0.2) is 0 Å². The molecule has 0 aromatic heterocycles. The third kappa shape index (κ3) is 2.46. The first kappa shape index (κ1) is 11.2. The van der Waals surface area contributed by atoms with Crippen molar-refractivity contribution < 1.29 is 14.7 Å². The second-order valence-corrected chi connectivity index (χ2v) is 4.67. The van der Waals surface area contributed by atoms with E-state index in [1.165, 1.54) is 12.8 Å². The van der Waals surface area contributed by atoms with Crippen LogP contribution in [0, 0.1) is 0 Å². The van der Waals surface area contributed by atoms with Gasteiger partial charge in [-0.3, -0.25) is 4.79 Å². The lowest BCUT2D eigenvalue weighted by molar-refractivity contribution is -0.137. The predicted octanol–water partition coefficient (Wildman–Crippen LogP) is 1.19. The van der Waals surface area contributed by atoms with Crippen molar-refractivity contribution in [3.8, 4) is 0 Å². The zero-order chi connectivity index (χ0) is 11.5. The summed E-state index contributed by atoms with van der Waals surface area (Å²) in [5, 5.41) is 11.5. The molecule has 1 heterocycles. The van der Waals surface area contributed by atoms with Crippen LogP contribution in [0.15, 0.2) is 0 Å². The van der Waals surface area contributed by atoms with E-state index in [2.05, 4.69) is 5.32 Å². The fraction of sp³-hybridized carbons (Fsp3) is 0.818. The minimum absolute atomic E-state index is 0.0118. The molecule has 0 aromatic rings. The molecule has 1 aliphatic heterocycles. The van der Waals surface area contributed by atoms with Gasteiger partial charge in [-0.05, 0) is 19.3 Å². The van der Waals surface area contributed by atoms with Crippen molar-refractivity contribution in [3.63, 3.8) is 0 Å². The lowest BCUT2D eigenvalue weighted by Crippen LogP contribution is -2.36. The monoisotopic (exact) mass is 226 g/mol. The van der Waals surface area contributed by atoms with Crippen LogP contribution in [0.1, 0.15) is 38.5 Å². The number of carboxylic acid groups (broad SMARTS) is 1. The van der Waals surface area contributed by atoms with Gasteiger partial charge in [-0.15, -0.1) is 0 Å². The maximum absolute atomic E-state index is 11.7. The highest BCUT2D eigenvalue weighted by Gasteiger charge is 2.34. The highest BCUT2D eigenvalue weighted by Crippen LogP contribution is 2.26. The van der Waals surface area contributed by atoms with E-state index in [9.17, 15) is 9.59 Å². The van der Waals surface area contributed by atoms with E-state index in [0.717, 1.165) is 12.8 Å². The molecule has 1 saturated heterocycles. The number of amides is 2. The highest BCUT2D eigenvalue weighted by molar-refractivity contribution is 5.77. The average molecular weight is 226 g/mol. The molecule has 1 unspecified atom stereocenters. The Morgan fingerprint density at radius 3 is 2.75 bits per heavy atom. The number of carbonyl (C=O) groups excluding carboxylic acids is 1. The van der Waals surface area contributed by atoms with Crippen LogP contribution in [0.2, 0.25) is 0 Å². The number of nitrogens with one attached hydrogen (secondary N) is 1. The smallest absolute Gasteiger partial charge is 0.317 e. The van der Waals surface area contributed by atoms with Gasteiger partial charge in [-0.1, -0.05) is 12.8 Å². The molecule has 16 heavy (non-hydrogen) atoms. The van der Waals surface area contributed by atoms with Gasteiger partial charge in [0.1, 0.15) is 0 Å². The topological polar surface area (TPSA) is 69.6 Å². The molecule has 5 nitrogen and oxygen atoms in total. The lowest BCUT2D eigenvalue weighted by Gasteiger charge is -2.22. The number of hydrogen-bond donors (Lipinski definition) is 2. The standard InChI is InChI=1S/C11H18N2O3/c14-10(15)6-5-8-7-13(11(16)12-8)9-3-1-2-4-9/h8-9H,1-7H2,(H,12,16)(H,14,15). The molecule has 1 aliphatic carbocycles. The quantitative estimate of drug-likeness (QED) is 0.756. The van der Waals surface area contributed by atoms with Crippen LogP contribution in [0.4, 0.5) is 4.79 Å². The SMILES string of the molecule is O=C(O)CCC1CN(C2CCCC2)C(=O)N1. The normalized spacial score (nSPS) is 26.1. The lowest BCUT2D eigenvalue weighted by atomic mass is 10.1. The molecule has 90 valence electrons. The van der Waals surface area contributed by atoms with Crippen LogP contribution in [0.25, 0.3) is 0 Å². The van der Waals surface area contributed by atoms with Crippen molar-refractivity contribution in [1.29, 1.82) is 0 Å². The van der Waals surface area contributed by atoms with E-state index < -0.39 is 5.97 Å². The van der Waals surface area contributed by atoms with Crippen LogP contribution < -0.4 is 5.32 Å². The van der Waals surface area contributed by atoms with Crippen molar-refractivity contribution in [2.24, 2.45) is 0 Å². The van der Waals surface area contributed by atoms with Gasteiger partial charge in [-0.25, -0.2) is 4.79 Å². The van der Waals surface area contributed by atoms with E-state index in [-0.39, 0.29) is 18.5 Å². The second kappa shape index (κ2) is 4.72. The molecule has 1 saturated carbocycles. The van der Waals surface area contributed by atoms with Crippen molar-refractivity contribution in [2.75, 3.05) is 6.54 Å². The van der Waals surface area contributed by atoms with Gasteiger partial charge in [0.25, 0.3) is 0 Å². The Morgan fingerprint density at radius 2 is 2.12 bits per heavy atom. The maximum atomic E-state index is 11.7. The molecule has 1 atom stereocenters. The molecule has 2 rings (SSSR count). The van der Waals surface area contributed by atoms with Crippen LogP contribution >= 0.6 is 0 Å². The molecule has 5 heteroatoms. The minimum atomic E-state index is -0.798. The van der Waals surface area contributed by atoms with Crippen molar-refractivity contribution >= 4 is 12.0 Å². The summed E-state index contributed by atoms with van der Waals surface area (Å²) in [6.45, 7) is 0.677. The molecule has 2 aliphatic rings. The minimum Gasteiger partial charge on any atom is -0.481 e. The molecule has 2 amide bonds. The summed E-state index contributed by atoms with van der Waals surface area (Å²) < 4.78 is 0. The summed E-state index contributed by atoms with van der Waals surface area (Å²) in [7, 11) is 0. The summed E-state index contributed by atoms with van der Waals surface area (Å²) in [5.74, 6) is -0.798. The summed E-state index contributed by atoms with van der Waals surface area (Å²) >= 11 is 0. The van der Waals surface area contributed by atoms with Crippen LogP contribution in [-0.2, 0) is 4.79 Å². The van der Waals surface area contributed by atoms with Crippen LogP contribution in [0.5, 0.6) is 0 Å². The Hall–Kier alpha value is -1.26. The van der Waals surface area contributed by atoms with Gasteiger partial charge in [0, 0.05) is 25.0 Å². The Labute approximate surface area is 94.8 Å². The summed E-state index contributed by atoms with van der Waals surface area (Å²) in [5.41, 5.74) is 0. The van der Waals surface area contributed by atoms with E-state index in [1.54, 1.807) is 0 Å². The maximum Gasteiger partial charge on any atom is 0.317 e. The van der Waals surface area contributed by atoms with E-state index in [4.69, 9.17) is 5.11 Å². The molecule has 0 radical (unpaired) electrons. The molecule has 0 spiro atoms. The molecule has 0 bridgehead atoms. The first-order chi connectivity index (χ1) is 7.66. The van der Waals surface area contributed by atoms with Crippen LogP contribution in [-0.4, -0.2) is 40.6 Å². The van der Waals surface area contributed by atoms with Gasteiger partial charge < -0.3 is 15.3 Å². The van der Waals surface area contributed by atoms with Gasteiger partial charge >= 0.3 is 12.0 Å². The predicted molar refractivity (Wildman–Crippen MR) is 58.2 cm³/mol. The van der Waals surface area contributed by atoms with E-state index in [0.29, 0.717) is 19.0 Å². The molecule has 2 N–H and O–H groups in total. The fourth-order valence-corrected chi connectivity index (χ4v) is 2.62. The Morgan fingerprint density at radius 1 is 1.44 bits per heavy atom. The number of hydrogen-bond acceptors (Lipinski definition) is 2. The van der Waals surface area contributed by atoms with Gasteiger partial charge in [-0.2, -0.15) is 0 Å². The number of rotatable bonds is 4. The fourth-order valence-electron chi connectivity index (χ4n) is 2.62. The first-order valence-electron chi connectivity index (χ1n) is 5.96. The largest absolute Gasteiger partial charge is 0.481 e. The number of carboxylic acids is 1. The second-order valence-electron chi connectivity index (χ2n) is 4.67. The molecular formula is C11H18N2O3. The van der Waals surface area contributed by atoms with Crippen molar-refractivity contribution in [1.82, 2.24) is 10.2 Å². The van der Waals surface area contributed by atoms with Crippen LogP contribution in [0.3, 0.4) is 0 Å². The summed E-state index contributed by atoms with van der Waals surface area (Å²) in [6.07, 6.45) is 5.26. The number of carbonyl (C=O) groups is 2. The molecular weight excluding hydrogens is 208 g/mol. The van der Waals surface area contributed by atoms with E-state index >= 15 is 0 Å². The van der Waals surface area contributed by atoms with E-state index in [1.807, 2.05) is 4.90 Å². The van der Waals surface area contributed by atoms with Gasteiger partial charge in [0.2, 0.25) is 0 Å². The zero-order valence-electron chi connectivity index (χ0n) is 9.32. The van der Waals surface area contributed by atoms with Gasteiger partial charge in [0.05, 0.1) is 0 Å². The first-order valence-corrected chi connectivity index (χ1v) is 5.96. The third-order valence-corrected chi connectivity index (χ3v) is 3.48. The third-order valence-electron chi connectivity index (χ3n) is 3.48. The number of urea groups is 1. The Balaban J connectivity index is 1.83. The zero-order valence-corrected chi connectivity index (χ0v) is 9.32. The number of aliphatic carboxylic acids is 1. The Kier molecular flexibility index (Phi) is 3.31. The Bertz CT molecular complexity index is 287. The molecule has 0 aromatic carbocycles.